The molecule has 0 saturated carbocycles. The topological polar surface area (TPSA) is 60.5 Å². The summed E-state index contributed by atoms with van der Waals surface area (Å²) in [5.74, 6) is -0.523. The molecule has 0 bridgehead atoms. The van der Waals surface area contributed by atoms with Crippen LogP contribution in [0, 0.1) is 11.6 Å². The average molecular weight is 452 g/mol. The van der Waals surface area contributed by atoms with Gasteiger partial charge in [-0.2, -0.15) is 0 Å². The summed E-state index contributed by atoms with van der Waals surface area (Å²) in [6.07, 6.45) is 0. The van der Waals surface area contributed by atoms with Crippen molar-refractivity contribution in [2.24, 2.45) is 0 Å². The zero-order valence-corrected chi connectivity index (χ0v) is 17.8. The molecule has 0 aliphatic heterocycles. The molecule has 0 fully saturated rings. The van der Waals surface area contributed by atoms with Gasteiger partial charge in [0, 0.05) is 16.6 Å². The fraction of sp³-hybridized carbons (Fsp3) is 0.0833. The third-order valence-corrected chi connectivity index (χ3v) is 5.50. The minimum atomic E-state index is -0.659. The van der Waals surface area contributed by atoms with Gasteiger partial charge >= 0.3 is 0 Å². The fourth-order valence-electron chi connectivity index (χ4n) is 2.92. The van der Waals surface area contributed by atoms with E-state index < -0.39 is 11.6 Å². The van der Waals surface area contributed by atoms with E-state index in [-0.39, 0.29) is 23.8 Å². The smallest absolute Gasteiger partial charge is 0.275 e. The molecule has 0 spiro atoms. The predicted molar refractivity (Wildman–Crippen MR) is 119 cm³/mol. The number of methoxy groups -OCH3 is 1. The molecule has 0 atom stereocenters. The molecule has 0 saturated heterocycles. The molecule has 1 aromatic heterocycles. The lowest BCUT2D eigenvalue weighted by molar-refractivity contribution is 0.102. The van der Waals surface area contributed by atoms with Gasteiger partial charge in [0.1, 0.15) is 40.4 Å². The Labute approximate surface area is 187 Å². The molecule has 3 aromatic carbocycles. The number of carbonyl (C=O) groups is 1. The molecule has 8 heteroatoms. The maximum atomic E-state index is 13.8. The maximum Gasteiger partial charge on any atom is 0.275 e. The number of halogens is 2. The lowest BCUT2D eigenvalue weighted by atomic mass is 10.2. The first-order valence-electron chi connectivity index (χ1n) is 9.60. The highest BCUT2D eigenvalue weighted by Crippen LogP contribution is 2.28. The first-order valence-corrected chi connectivity index (χ1v) is 10.5. The predicted octanol–water partition coefficient (Wildman–Crippen LogP) is 5.93. The van der Waals surface area contributed by atoms with Gasteiger partial charge < -0.3 is 14.8 Å². The van der Waals surface area contributed by atoms with Crippen LogP contribution in [-0.4, -0.2) is 18.0 Å². The molecule has 4 rings (SSSR count). The zero-order chi connectivity index (χ0) is 22.5. The van der Waals surface area contributed by atoms with Crippen molar-refractivity contribution in [1.82, 2.24) is 4.98 Å². The van der Waals surface area contributed by atoms with E-state index in [9.17, 15) is 13.6 Å². The minimum Gasteiger partial charge on any atom is -0.497 e. The van der Waals surface area contributed by atoms with Crippen LogP contribution in [0.1, 0.15) is 16.1 Å². The van der Waals surface area contributed by atoms with Gasteiger partial charge in [-0.05, 0) is 48.5 Å². The molecule has 0 radical (unpaired) electrons. The summed E-state index contributed by atoms with van der Waals surface area (Å²) >= 11 is 1.31. The zero-order valence-electron chi connectivity index (χ0n) is 17.0. The number of amides is 1. The monoisotopic (exact) mass is 452 g/mol. The van der Waals surface area contributed by atoms with E-state index in [0.29, 0.717) is 22.2 Å². The molecule has 4 aromatic rings. The lowest BCUT2D eigenvalue weighted by Crippen LogP contribution is -2.12. The van der Waals surface area contributed by atoms with Crippen molar-refractivity contribution in [3.63, 3.8) is 0 Å². The van der Waals surface area contributed by atoms with Gasteiger partial charge in [0.2, 0.25) is 0 Å². The first kappa shape index (κ1) is 21.5. The van der Waals surface area contributed by atoms with Crippen LogP contribution in [0.25, 0.3) is 10.6 Å². The number of nitrogens with zero attached hydrogens (tertiary/aromatic N) is 1. The third-order valence-electron chi connectivity index (χ3n) is 4.61. The quantitative estimate of drug-likeness (QED) is 0.378. The molecule has 1 heterocycles. The number of hydrogen-bond acceptors (Lipinski definition) is 5. The number of anilines is 1. The minimum absolute atomic E-state index is 0.135. The summed E-state index contributed by atoms with van der Waals surface area (Å²) in [5.41, 5.74) is 1.50. The van der Waals surface area contributed by atoms with Crippen molar-refractivity contribution < 1.29 is 23.0 Å². The van der Waals surface area contributed by atoms with Crippen LogP contribution in [0.2, 0.25) is 0 Å². The second-order valence-corrected chi connectivity index (χ2v) is 7.60. The van der Waals surface area contributed by atoms with Crippen molar-refractivity contribution >= 4 is 22.9 Å². The van der Waals surface area contributed by atoms with Crippen LogP contribution in [0.4, 0.5) is 14.5 Å². The normalized spacial score (nSPS) is 10.6. The van der Waals surface area contributed by atoms with E-state index in [4.69, 9.17) is 9.47 Å². The number of hydrogen-bond donors (Lipinski definition) is 1. The summed E-state index contributed by atoms with van der Waals surface area (Å²) in [7, 11) is 1.57. The van der Waals surface area contributed by atoms with E-state index in [1.165, 1.54) is 29.5 Å². The fourth-order valence-corrected chi connectivity index (χ4v) is 3.72. The molecule has 5 nitrogen and oxygen atoms in total. The molecule has 0 unspecified atom stereocenters. The largest absolute Gasteiger partial charge is 0.497 e. The Morgan fingerprint density at radius 1 is 1.00 bits per heavy atom. The SMILES string of the molecule is COc1ccc(NC(=O)c2csc(-c3cccc(OCc4c(F)cccc4F)c3)n2)cc1. The third kappa shape index (κ3) is 4.92. The Hall–Kier alpha value is -3.78. The van der Waals surface area contributed by atoms with E-state index in [2.05, 4.69) is 10.3 Å². The number of aromatic nitrogens is 1. The van der Waals surface area contributed by atoms with Gasteiger partial charge in [-0.1, -0.05) is 18.2 Å². The molecule has 1 amide bonds. The number of ether oxygens (including phenoxy) is 2. The van der Waals surface area contributed by atoms with Gasteiger partial charge in [-0.3, -0.25) is 4.79 Å². The molecule has 162 valence electrons. The molecular weight excluding hydrogens is 434 g/mol. The van der Waals surface area contributed by atoms with E-state index >= 15 is 0 Å². The van der Waals surface area contributed by atoms with Gasteiger partial charge in [0.25, 0.3) is 5.91 Å². The van der Waals surface area contributed by atoms with Crippen LogP contribution < -0.4 is 14.8 Å². The molecular formula is C24H18F2N2O3S. The molecule has 0 aliphatic rings. The maximum absolute atomic E-state index is 13.8. The first-order chi connectivity index (χ1) is 15.5. The molecule has 0 aliphatic carbocycles. The highest BCUT2D eigenvalue weighted by molar-refractivity contribution is 7.13. The highest BCUT2D eigenvalue weighted by atomic mass is 32.1. The summed E-state index contributed by atoms with van der Waals surface area (Å²) in [6.45, 7) is -0.241. The van der Waals surface area contributed by atoms with Crippen LogP contribution in [-0.2, 0) is 6.61 Å². The van der Waals surface area contributed by atoms with Crippen LogP contribution >= 0.6 is 11.3 Å². The van der Waals surface area contributed by atoms with Crippen LogP contribution in [0.5, 0.6) is 11.5 Å². The van der Waals surface area contributed by atoms with E-state index in [0.717, 1.165) is 5.56 Å². The van der Waals surface area contributed by atoms with Gasteiger partial charge in [-0.15, -0.1) is 11.3 Å². The summed E-state index contributed by atoms with van der Waals surface area (Å²) < 4.78 is 38.3. The Morgan fingerprint density at radius 2 is 1.72 bits per heavy atom. The Bertz CT molecular complexity index is 1220. The second kappa shape index (κ2) is 9.57. The summed E-state index contributed by atoms with van der Waals surface area (Å²) in [6, 6.07) is 17.6. The highest BCUT2D eigenvalue weighted by Gasteiger charge is 2.14. The molecule has 32 heavy (non-hydrogen) atoms. The number of rotatable bonds is 7. The number of nitrogens with one attached hydrogen (secondary N) is 1. The number of benzene rings is 3. The van der Waals surface area contributed by atoms with Crippen LogP contribution in [0.15, 0.2) is 72.1 Å². The Balaban J connectivity index is 1.45. The van der Waals surface area contributed by atoms with Crippen molar-refractivity contribution in [3.05, 3.63) is 95.0 Å². The van der Waals surface area contributed by atoms with Crippen molar-refractivity contribution in [1.29, 1.82) is 0 Å². The van der Waals surface area contributed by atoms with E-state index in [1.54, 1.807) is 55.0 Å². The standard InChI is InChI=1S/C24H18F2N2O3S/c1-30-17-10-8-16(9-11-17)27-23(29)22-14-32-24(28-22)15-4-2-5-18(12-15)31-13-19-20(25)6-3-7-21(19)26/h2-12,14H,13H2,1H3,(H,27,29). The van der Waals surface area contributed by atoms with Crippen molar-refractivity contribution in [2.75, 3.05) is 12.4 Å². The second-order valence-electron chi connectivity index (χ2n) is 6.74. The number of thiazole rings is 1. The van der Waals surface area contributed by atoms with Gasteiger partial charge in [-0.25, -0.2) is 13.8 Å². The molecule has 1 N–H and O–H groups in total. The van der Waals surface area contributed by atoms with Crippen molar-refractivity contribution in [3.8, 4) is 22.1 Å². The Morgan fingerprint density at radius 3 is 2.44 bits per heavy atom. The average Bonchev–Trinajstić information content (AvgIpc) is 3.30. The van der Waals surface area contributed by atoms with Crippen LogP contribution in [0.3, 0.4) is 0 Å². The lowest BCUT2D eigenvalue weighted by Gasteiger charge is -2.09. The summed E-state index contributed by atoms with van der Waals surface area (Å²) in [5, 5.41) is 5.07. The van der Waals surface area contributed by atoms with Crippen molar-refractivity contribution in [2.45, 2.75) is 6.61 Å². The van der Waals surface area contributed by atoms with Gasteiger partial charge in [0.15, 0.2) is 0 Å². The van der Waals surface area contributed by atoms with Gasteiger partial charge in [0.05, 0.1) is 12.7 Å². The summed E-state index contributed by atoms with van der Waals surface area (Å²) in [4.78, 5) is 16.9. The number of carbonyl (C=O) groups excluding carboxylic acids is 1. The van der Waals surface area contributed by atoms with E-state index in [1.807, 2.05) is 6.07 Å². The Kier molecular flexibility index (Phi) is 6.42.